The van der Waals surface area contributed by atoms with Crippen molar-refractivity contribution in [3.63, 3.8) is 0 Å². The molecule has 1 aromatic carbocycles. The zero-order chi connectivity index (χ0) is 18.3. The Hall–Kier alpha value is -1.35. The number of rotatable bonds is 5. The number of carbonyl (C=O) groups excluding carboxylic acids is 1. The van der Waals surface area contributed by atoms with E-state index in [2.05, 4.69) is 11.0 Å². The summed E-state index contributed by atoms with van der Waals surface area (Å²) >= 11 is 0. The van der Waals surface area contributed by atoms with Crippen molar-refractivity contribution in [2.24, 2.45) is 17.8 Å². The maximum atomic E-state index is 12.4. The number of Topliss-reactive ketones (excluding diaryl/α,β-unsaturated/α-hetero) is 1. The second kappa shape index (κ2) is 7.34. The second-order valence-corrected chi connectivity index (χ2v) is 9.03. The van der Waals surface area contributed by atoms with Gasteiger partial charge in [-0.15, -0.1) is 0 Å². The molecule has 2 aliphatic carbocycles. The minimum atomic E-state index is 0.0379. The van der Waals surface area contributed by atoms with Gasteiger partial charge in [0.1, 0.15) is 5.75 Å². The summed E-state index contributed by atoms with van der Waals surface area (Å²) in [5, 5.41) is 0. The van der Waals surface area contributed by atoms with Crippen molar-refractivity contribution in [1.82, 2.24) is 4.90 Å². The summed E-state index contributed by atoms with van der Waals surface area (Å²) in [6, 6.07) is 6.88. The van der Waals surface area contributed by atoms with Gasteiger partial charge < -0.3 is 9.64 Å². The van der Waals surface area contributed by atoms with E-state index in [1.54, 1.807) is 7.11 Å². The molecular formula is C23H33NO2. The molecule has 0 unspecified atom stereocenters. The van der Waals surface area contributed by atoms with Crippen molar-refractivity contribution in [3.05, 3.63) is 29.3 Å². The first kappa shape index (κ1) is 18.0. The molecule has 1 aromatic rings. The van der Waals surface area contributed by atoms with Gasteiger partial charge >= 0.3 is 0 Å². The van der Waals surface area contributed by atoms with Gasteiger partial charge in [-0.05, 0) is 86.7 Å². The molecule has 1 heterocycles. The molecule has 26 heavy (non-hydrogen) atoms. The summed E-state index contributed by atoms with van der Waals surface area (Å²) < 4.78 is 5.64. The van der Waals surface area contributed by atoms with Gasteiger partial charge in [-0.3, -0.25) is 4.79 Å². The van der Waals surface area contributed by atoms with Gasteiger partial charge in [-0.1, -0.05) is 20.3 Å². The quantitative estimate of drug-likeness (QED) is 0.704. The molecule has 1 saturated heterocycles. The fourth-order valence-corrected chi connectivity index (χ4v) is 5.74. The topological polar surface area (TPSA) is 29.5 Å². The number of benzene rings is 1. The molecule has 1 aliphatic heterocycles. The van der Waals surface area contributed by atoms with E-state index in [-0.39, 0.29) is 11.7 Å². The number of carbonyl (C=O) groups is 1. The van der Waals surface area contributed by atoms with Crippen LogP contribution in [0.25, 0.3) is 0 Å². The molecule has 142 valence electrons. The van der Waals surface area contributed by atoms with Crippen LogP contribution in [0, 0.1) is 17.8 Å². The highest BCUT2D eigenvalue weighted by atomic mass is 16.5. The van der Waals surface area contributed by atoms with E-state index >= 15 is 0 Å². The van der Waals surface area contributed by atoms with Gasteiger partial charge in [-0.25, -0.2) is 0 Å². The molecule has 3 nitrogen and oxygen atoms in total. The molecule has 3 aliphatic rings. The minimum Gasteiger partial charge on any atom is -0.496 e. The molecule has 0 spiro atoms. The molecule has 2 bridgehead atoms. The highest BCUT2D eigenvalue weighted by Gasteiger charge is 2.43. The zero-order valence-electron chi connectivity index (χ0n) is 16.5. The average Bonchev–Trinajstić information content (AvgIpc) is 3.30. The summed E-state index contributed by atoms with van der Waals surface area (Å²) in [6.07, 6.45) is 8.23. The van der Waals surface area contributed by atoms with E-state index < -0.39 is 0 Å². The number of likely N-dealkylation sites (tertiary alicyclic amines) is 1. The van der Waals surface area contributed by atoms with Crippen molar-refractivity contribution in [1.29, 1.82) is 0 Å². The number of fused-ring (bicyclic) bond motifs is 2. The number of hydrogen-bond acceptors (Lipinski definition) is 3. The Bertz CT molecular complexity index is 660. The Labute approximate surface area is 158 Å². The minimum absolute atomic E-state index is 0.0379. The Morgan fingerprint density at radius 3 is 2.46 bits per heavy atom. The van der Waals surface area contributed by atoms with Gasteiger partial charge in [0.05, 0.1) is 7.11 Å². The molecule has 0 aromatic heterocycles. The fraction of sp³-hybridized carbons (Fsp3) is 0.696. The van der Waals surface area contributed by atoms with Gasteiger partial charge in [0.15, 0.2) is 5.78 Å². The van der Waals surface area contributed by atoms with E-state index in [0.717, 1.165) is 29.2 Å². The van der Waals surface area contributed by atoms with Crippen LogP contribution < -0.4 is 4.74 Å². The summed E-state index contributed by atoms with van der Waals surface area (Å²) in [6.45, 7) is 6.34. The molecule has 2 saturated carbocycles. The lowest BCUT2D eigenvalue weighted by Crippen LogP contribution is -2.43. The molecule has 4 rings (SSSR count). The lowest BCUT2D eigenvalue weighted by molar-refractivity contribution is 0.0939. The predicted octanol–water partition coefficient (Wildman–Crippen LogP) is 4.90. The van der Waals surface area contributed by atoms with Crippen LogP contribution in [0.4, 0.5) is 0 Å². The second-order valence-electron chi connectivity index (χ2n) is 9.03. The van der Waals surface area contributed by atoms with Gasteiger partial charge in [0.25, 0.3) is 0 Å². The third kappa shape index (κ3) is 3.31. The molecule has 0 amide bonds. The number of methoxy groups -OCH3 is 1. The molecule has 3 atom stereocenters. The average molecular weight is 356 g/mol. The first-order valence-corrected chi connectivity index (χ1v) is 10.5. The first-order chi connectivity index (χ1) is 12.6. The Morgan fingerprint density at radius 1 is 1.12 bits per heavy atom. The molecule has 3 heteroatoms. The number of piperidine rings is 1. The third-order valence-electron chi connectivity index (χ3n) is 7.18. The largest absolute Gasteiger partial charge is 0.496 e. The van der Waals surface area contributed by atoms with Crippen molar-refractivity contribution >= 4 is 5.78 Å². The van der Waals surface area contributed by atoms with E-state index in [1.165, 1.54) is 57.2 Å². The Kier molecular flexibility index (Phi) is 5.09. The van der Waals surface area contributed by atoms with Crippen LogP contribution in [0.1, 0.15) is 74.2 Å². The highest BCUT2D eigenvalue weighted by Crippen LogP contribution is 2.48. The number of hydrogen-bond donors (Lipinski definition) is 0. The monoisotopic (exact) mass is 355 g/mol. The van der Waals surface area contributed by atoms with Crippen molar-refractivity contribution in [2.75, 3.05) is 20.2 Å². The number of nitrogens with zero attached hydrogens (tertiary/aromatic N) is 1. The maximum absolute atomic E-state index is 12.4. The Morgan fingerprint density at radius 2 is 1.88 bits per heavy atom. The lowest BCUT2D eigenvalue weighted by Gasteiger charge is -2.40. The normalized spacial score (nSPS) is 29.5. The zero-order valence-corrected chi connectivity index (χ0v) is 16.5. The van der Waals surface area contributed by atoms with Crippen LogP contribution in [0.2, 0.25) is 0 Å². The Balaban J connectivity index is 1.46. The smallest absolute Gasteiger partial charge is 0.165 e. The molecule has 3 fully saturated rings. The SMILES string of the molecule is COc1ccc(C(=O)C(C)C)cc1C1CCN([C@@H]2C[C@H]3CC[C@H]2C3)CC1. The van der Waals surface area contributed by atoms with Gasteiger partial charge in [0.2, 0.25) is 0 Å². The van der Waals surface area contributed by atoms with Gasteiger partial charge in [0, 0.05) is 17.5 Å². The van der Waals surface area contributed by atoms with Crippen molar-refractivity contribution < 1.29 is 9.53 Å². The van der Waals surface area contributed by atoms with E-state index in [9.17, 15) is 4.79 Å². The third-order valence-corrected chi connectivity index (χ3v) is 7.18. The molecular weight excluding hydrogens is 322 g/mol. The number of ether oxygens (including phenoxy) is 1. The summed E-state index contributed by atoms with van der Waals surface area (Å²) in [4.78, 5) is 15.2. The predicted molar refractivity (Wildman–Crippen MR) is 105 cm³/mol. The number of ketones is 1. The standard InChI is InChI=1S/C23H33NO2/c1-15(2)23(25)19-6-7-22(26-3)20(14-19)17-8-10-24(11-9-17)21-13-16-4-5-18(21)12-16/h6-7,14-18,21H,4-5,8-13H2,1-3H3/t16-,18-,21+/m0/s1. The summed E-state index contributed by atoms with van der Waals surface area (Å²) in [7, 11) is 1.74. The van der Waals surface area contributed by atoms with Crippen LogP contribution in [0.15, 0.2) is 18.2 Å². The lowest BCUT2D eigenvalue weighted by atomic mass is 9.85. The van der Waals surface area contributed by atoms with E-state index in [4.69, 9.17) is 4.74 Å². The van der Waals surface area contributed by atoms with Crippen LogP contribution in [0.5, 0.6) is 5.75 Å². The van der Waals surface area contributed by atoms with Crippen molar-refractivity contribution in [3.8, 4) is 5.75 Å². The van der Waals surface area contributed by atoms with Crippen LogP contribution in [-0.2, 0) is 0 Å². The molecule has 0 N–H and O–H groups in total. The maximum Gasteiger partial charge on any atom is 0.165 e. The van der Waals surface area contributed by atoms with Crippen LogP contribution in [-0.4, -0.2) is 36.9 Å². The van der Waals surface area contributed by atoms with Crippen LogP contribution in [0.3, 0.4) is 0 Å². The van der Waals surface area contributed by atoms with Crippen molar-refractivity contribution in [2.45, 2.75) is 64.3 Å². The molecule has 0 radical (unpaired) electrons. The summed E-state index contributed by atoms with van der Waals surface area (Å²) in [5.41, 5.74) is 2.08. The highest BCUT2D eigenvalue weighted by molar-refractivity contribution is 5.97. The van der Waals surface area contributed by atoms with Gasteiger partial charge in [-0.2, -0.15) is 0 Å². The van der Waals surface area contributed by atoms with Crippen LogP contribution >= 0.6 is 0 Å². The fourth-order valence-electron chi connectivity index (χ4n) is 5.74. The first-order valence-electron chi connectivity index (χ1n) is 10.5. The summed E-state index contributed by atoms with van der Waals surface area (Å²) in [5.74, 6) is 3.72. The van der Waals surface area contributed by atoms with E-state index in [0.29, 0.717) is 5.92 Å². The van der Waals surface area contributed by atoms with E-state index in [1.807, 2.05) is 26.0 Å².